The minimum Gasteiger partial charge on any atom is -0.355 e. The molecule has 4 rings (SSSR count). The van der Waals surface area contributed by atoms with E-state index in [4.69, 9.17) is 0 Å². The number of nitrogens with zero attached hydrogens (tertiary/aromatic N) is 1. The van der Waals surface area contributed by atoms with Gasteiger partial charge in [0.1, 0.15) is 5.82 Å². The van der Waals surface area contributed by atoms with Crippen LogP contribution >= 0.6 is 0 Å². The van der Waals surface area contributed by atoms with Crippen LogP contribution < -0.4 is 10.2 Å². The Hall–Kier alpha value is -4.25. The minimum atomic E-state index is -0.454. The average Bonchev–Trinajstić information content (AvgIpc) is 2.89. The number of carbonyl (C=O) groups excluding carboxylic acids is 2. The third-order valence-electron chi connectivity index (χ3n) is 5.97. The lowest BCUT2D eigenvalue weighted by Crippen LogP contribution is -2.30. The predicted molar refractivity (Wildman–Crippen MR) is 141 cm³/mol. The van der Waals surface area contributed by atoms with E-state index in [1.54, 1.807) is 11.0 Å². The molecule has 0 unspecified atom stereocenters. The largest absolute Gasteiger partial charge is 0.355 e. The molecule has 0 aliphatic carbocycles. The van der Waals surface area contributed by atoms with E-state index >= 15 is 0 Å². The highest BCUT2D eigenvalue weighted by Crippen LogP contribution is 2.22. The number of carbonyl (C=O) groups is 2. The van der Waals surface area contributed by atoms with E-state index < -0.39 is 5.82 Å². The van der Waals surface area contributed by atoms with Crippen LogP contribution in [0.2, 0.25) is 0 Å². The maximum absolute atomic E-state index is 13.8. The normalized spacial score (nSPS) is 10.6. The summed E-state index contributed by atoms with van der Waals surface area (Å²) >= 11 is 0. The first-order valence-electron chi connectivity index (χ1n) is 12.0. The van der Waals surface area contributed by atoms with Crippen molar-refractivity contribution in [3.05, 3.63) is 137 Å². The third-order valence-corrected chi connectivity index (χ3v) is 5.97. The van der Waals surface area contributed by atoms with Gasteiger partial charge in [0.15, 0.2) is 0 Å². The molecule has 1 N–H and O–H groups in total. The monoisotopic (exact) mass is 480 g/mol. The molecule has 5 heteroatoms. The Labute approximate surface area is 211 Å². The molecule has 4 nitrogen and oxygen atoms in total. The van der Waals surface area contributed by atoms with Crippen LogP contribution in [-0.4, -0.2) is 18.4 Å². The minimum absolute atomic E-state index is 0.0500. The summed E-state index contributed by atoms with van der Waals surface area (Å²) in [6.07, 6.45) is 1.03. The topological polar surface area (TPSA) is 49.4 Å². The third kappa shape index (κ3) is 6.89. The molecule has 0 radical (unpaired) electrons. The van der Waals surface area contributed by atoms with Gasteiger partial charge in [0, 0.05) is 17.8 Å². The zero-order valence-corrected chi connectivity index (χ0v) is 20.3. The number of amides is 2. The molecule has 4 aromatic carbocycles. The summed E-state index contributed by atoms with van der Waals surface area (Å²) in [5, 5.41) is 2.96. The number of rotatable bonds is 9. The molecule has 182 valence electrons. The lowest BCUT2D eigenvalue weighted by Gasteiger charge is -2.24. The second-order valence-corrected chi connectivity index (χ2v) is 8.82. The van der Waals surface area contributed by atoms with Crippen molar-refractivity contribution >= 4 is 17.5 Å². The van der Waals surface area contributed by atoms with Gasteiger partial charge in [-0.05, 0) is 60.4 Å². The van der Waals surface area contributed by atoms with Gasteiger partial charge in [-0.2, -0.15) is 0 Å². The SMILES string of the molecule is Cc1ccc(CN(C(=O)c2cccc(F)c2)c2ccc(CC(=O)NCCc3ccccc3)cc2)cc1. The van der Waals surface area contributed by atoms with Crippen LogP contribution in [0.4, 0.5) is 10.1 Å². The van der Waals surface area contributed by atoms with E-state index in [0.29, 0.717) is 18.8 Å². The van der Waals surface area contributed by atoms with Gasteiger partial charge in [-0.25, -0.2) is 4.39 Å². The number of halogens is 1. The Balaban J connectivity index is 1.45. The van der Waals surface area contributed by atoms with E-state index in [1.807, 2.05) is 85.8 Å². The van der Waals surface area contributed by atoms with Crippen LogP contribution in [0.5, 0.6) is 0 Å². The van der Waals surface area contributed by atoms with Gasteiger partial charge in [0.25, 0.3) is 5.91 Å². The molecule has 0 fully saturated rings. The first-order valence-corrected chi connectivity index (χ1v) is 12.0. The Morgan fingerprint density at radius 3 is 2.17 bits per heavy atom. The molecule has 0 saturated carbocycles. The average molecular weight is 481 g/mol. The van der Waals surface area contributed by atoms with Crippen LogP contribution in [0, 0.1) is 12.7 Å². The first kappa shape index (κ1) is 24.9. The molecule has 0 aliphatic rings. The Bertz CT molecular complexity index is 1300. The second kappa shape index (κ2) is 11.9. The Kier molecular flexibility index (Phi) is 8.24. The highest BCUT2D eigenvalue weighted by atomic mass is 19.1. The van der Waals surface area contributed by atoms with Gasteiger partial charge < -0.3 is 10.2 Å². The van der Waals surface area contributed by atoms with Crippen molar-refractivity contribution < 1.29 is 14.0 Å². The molecular formula is C31H29FN2O2. The van der Waals surface area contributed by atoms with Crippen molar-refractivity contribution in [3.8, 4) is 0 Å². The summed E-state index contributed by atoms with van der Waals surface area (Å²) in [5.41, 5.74) is 5.09. The first-order chi connectivity index (χ1) is 17.5. The second-order valence-electron chi connectivity index (χ2n) is 8.82. The van der Waals surface area contributed by atoms with Crippen molar-refractivity contribution in [2.45, 2.75) is 26.3 Å². The molecular weight excluding hydrogens is 451 g/mol. The van der Waals surface area contributed by atoms with Crippen molar-refractivity contribution in [1.82, 2.24) is 5.32 Å². The van der Waals surface area contributed by atoms with E-state index in [0.717, 1.165) is 23.1 Å². The predicted octanol–water partition coefficient (Wildman–Crippen LogP) is 5.88. The van der Waals surface area contributed by atoms with Crippen molar-refractivity contribution in [3.63, 3.8) is 0 Å². The molecule has 2 amide bonds. The maximum atomic E-state index is 13.8. The van der Waals surface area contributed by atoms with E-state index in [1.165, 1.54) is 23.8 Å². The smallest absolute Gasteiger partial charge is 0.258 e. The highest BCUT2D eigenvalue weighted by molar-refractivity contribution is 6.06. The summed E-state index contributed by atoms with van der Waals surface area (Å²) < 4.78 is 13.8. The zero-order chi connectivity index (χ0) is 25.3. The van der Waals surface area contributed by atoms with Crippen LogP contribution in [0.15, 0.2) is 103 Å². The number of nitrogens with one attached hydrogen (secondary N) is 1. The van der Waals surface area contributed by atoms with Gasteiger partial charge in [-0.3, -0.25) is 9.59 Å². The molecule has 0 heterocycles. The molecule has 0 aromatic heterocycles. The molecule has 0 spiro atoms. The fourth-order valence-electron chi connectivity index (χ4n) is 3.97. The standard InChI is InChI=1S/C31H29FN2O2/c1-23-10-12-26(13-11-23)22-34(31(36)27-8-5-9-28(32)21-27)29-16-14-25(15-17-29)20-30(35)33-19-18-24-6-3-2-4-7-24/h2-17,21H,18-20,22H2,1H3,(H,33,35). The summed E-state index contributed by atoms with van der Waals surface area (Å²) in [7, 11) is 0. The molecule has 0 aliphatic heterocycles. The number of anilines is 1. The molecule has 0 bridgehead atoms. The summed E-state index contributed by atoms with van der Waals surface area (Å²) in [5.74, 6) is -0.794. The fourth-order valence-corrected chi connectivity index (χ4v) is 3.97. The Morgan fingerprint density at radius 1 is 0.778 bits per heavy atom. The summed E-state index contributed by atoms with van der Waals surface area (Å²) in [6.45, 7) is 2.93. The van der Waals surface area contributed by atoms with Gasteiger partial charge in [-0.1, -0.05) is 78.4 Å². The van der Waals surface area contributed by atoms with Crippen molar-refractivity contribution in [1.29, 1.82) is 0 Å². The number of aryl methyl sites for hydroxylation is 1. The lowest BCUT2D eigenvalue weighted by atomic mass is 10.1. The highest BCUT2D eigenvalue weighted by Gasteiger charge is 2.19. The fraction of sp³-hybridized carbons (Fsp3) is 0.161. The summed E-state index contributed by atoms with van der Waals surface area (Å²) in [4.78, 5) is 27.4. The van der Waals surface area contributed by atoms with Crippen LogP contribution in [0.1, 0.15) is 32.6 Å². The van der Waals surface area contributed by atoms with Crippen molar-refractivity contribution in [2.75, 3.05) is 11.4 Å². The molecule has 0 atom stereocenters. The van der Waals surface area contributed by atoms with E-state index in [9.17, 15) is 14.0 Å². The van der Waals surface area contributed by atoms with Gasteiger partial charge in [0.2, 0.25) is 5.91 Å². The van der Waals surface area contributed by atoms with Gasteiger partial charge in [0.05, 0.1) is 13.0 Å². The Morgan fingerprint density at radius 2 is 1.47 bits per heavy atom. The van der Waals surface area contributed by atoms with Crippen LogP contribution in [-0.2, 0) is 24.2 Å². The number of benzene rings is 4. The molecule has 36 heavy (non-hydrogen) atoms. The number of hydrogen-bond acceptors (Lipinski definition) is 2. The molecule has 0 saturated heterocycles. The molecule has 4 aromatic rings. The van der Waals surface area contributed by atoms with E-state index in [-0.39, 0.29) is 23.8 Å². The van der Waals surface area contributed by atoms with Gasteiger partial charge >= 0.3 is 0 Å². The quantitative estimate of drug-likeness (QED) is 0.325. The summed E-state index contributed by atoms with van der Waals surface area (Å²) in [6, 6.07) is 31.1. The van der Waals surface area contributed by atoms with E-state index in [2.05, 4.69) is 5.32 Å². The van der Waals surface area contributed by atoms with Crippen LogP contribution in [0.3, 0.4) is 0 Å². The maximum Gasteiger partial charge on any atom is 0.258 e. The van der Waals surface area contributed by atoms with Crippen molar-refractivity contribution in [2.24, 2.45) is 0 Å². The number of hydrogen-bond donors (Lipinski definition) is 1. The van der Waals surface area contributed by atoms with Gasteiger partial charge in [-0.15, -0.1) is 0 Å². The van der Waals surface area contributed by atoms with Crippen LogP contribution in [0.25, 0.3) is 0 Å². The lowest BCUT2D eigenvalue weighted by molar-refractivity contribution is -0.120. The zero-order valence-electron chi connectivity index (χ0n) is 20.3.